The Morgan fingerprint density at radius 1 is 0.560 bits per heavy atom. The van der Waals surface area contributed by atoms with E-state index in [0.717, 1.165) is 0 Å². The van der Waals surface area contributed by atoms with Crippen LogP contribution in [0.3, 0.4) is 0 Å². The highest BCUT2D eigenvalue weighted by Crippen LogP contribution is 2.32. The molecular weight excluding hydrogens is 300 g/mol. The van der Waals surface area contributed by atoms with E-state index in [-0.39, 0.29) is 0 Å². The van der Waals surface area contributed by atoms with Gasteiger partial charge in [0.15, 0.2) is 0 Å². The van der Waals surface area contributed by atoms with E-state index in [9.17, 15) is 0 Å². The number of rotatable bonds is 10. The smallest absolute Gasteiger partial charge is 0.0227 e. The van der Waals surface area contributed by atoms with E-state index >= 15 is 0 Å². The molecule has 2 rings (SSSR count). The van der Waals surface area contributed by atoms with Crippen molar-refractivity contribution >= 4 is 0 Å². The summed E-state index contributed by atoms with van der Waals surface area (Å²) in [6.45, 7) is 9.71. The third-order valence-electron chi connectivity index (χ3n) is 5.42. The highest BCUT2D eigenvalue weighted by Gasteiger charge is 2.20. The van der Waals surface area contributed by atoms with Crippen LogP contribution in [0.1, 0.15) is 70.9 Å². The van der Waals surface area contributed by atoms with Crippen LogP contribution in [0.2, 0.25) is 0 Å². The summed E-state index contributed by atoms with van der Waals surface area (Å²) in [6, 6.07) is 21.8. The number of hydrogen-bond donors (Lipinski definition) is 0. The molecule has 0 aromatic heterocycles. The molecule has 0 heterocycles. The van der Waals surface area contributed by atoms with E-state index in [0.29, 0.717) is 10.8 Å². The van der Waals surface area contributed by atoms with Crippen LogP contribution in [0.15, 0.2) is 60.7 Å². The van der Waals surface area contributed by atoms with Crippen molar-refractivity contribution in [3.05, 3.63) is 71.8 Å². The highest BCUT2D eigenvalue weighted by atomic mass is 14.3. The van der Waals surface area contributed by atoms with Gasteiger partial charge in [-0.25, -0.2) is 0 Å². The third kappa shape index (κ3) is 7.90. The first-order valence-corrected chi connectivity index (χ1v) is 9.94. The molecule has 2 aromatic rings. The average Bonchev–Trinajstić information content (AvgIpc) is 2.59. The van der Waals surface area contributed by atoms with Crippen LogP contribution in [0, 0.1) is 10.8 Å². The maximum absolute atomic E-state index is 2.44. The monoisotopic (exact) mass is 336 g/mol. The van der Waals surface area contributed by atoms with Gasteiger partial charge in [0, 0.05) is 0 Å². The zero-order valence-corrected chi connectivity index (χ0v) is 16.7. The Hall–Kier alpha value is -1.56. The predicted octanol–water partition coefficient (Wildman–Crippen LogP) is 7.47. The SMILES string of the molecule is CC(C)(CCCCC(C)(C)Cc1ccccc1)CCc1ccccc1. The Morgan fingerprint density at radius 3 is 1.60 bits per heavy atom. The lowest BCUT2D eigenvalue weighted by atomic mass is 9.78. The number of benzene rings is 2. The second kappa shape index (κ2) is 9.22. The van der Waals surface area contributed by atoms with Gasteiger partial charge in [0.05, 0.1) is 0 Å². The van der Waals surface area contributed by atoms with Gasteiger partial charge >= 0.3 is 0 Å². The number of hydrogen-bond acceptors (Lipinski definition) is 0. The highest BCUT2D eigenvalue weighted by molar-refractivity contribution is 5.16. The summed E-state index contributed by atoms with van der Waals surface area (Å²) in [5.41, 5.74) is 3.78. The zero-order valence-electron chi connectivity index (χ0n) is 16.7. The van der Waals surface area contributed by atoms with Gasteiger partial charge in [-0.2, -0.15) is 0 Å². The Labute approximate surface area is 155 Å². The molecule has 136 valence electrons. The summed E-state index contributed by atoms with van der Waals surface area (Å²) in [4.78, 5) is 0. The minimum Gasteiger partial charge on any atom is -0.0622 e. The van der Waals surface area contributed by atoms with E-state index in [1.807, 2.05) is 0 Å². The quantitative estimate of drug-likeness (QED) is 0.395. The molecule has 0 N–H and O–H groups in total. The maximum atomic E-state index is 2.44. The van der Waals surface area contributed by atoms with Crippen LogP contribution in [0.4, 0.5) is 0 Å². The van der Waals surface area contributed by atoms with Crippen molar-refractivity contribution in [2.75, 3.05) is 0 Å². The Kier molecular flexibility index (Phi) is 7.29. The minimum absolute atomic E-state index is 0.398. The van der Waals surface area contributed by atoms with Crippen LogP contribution in [0.5, 0.6) is 0 Å². The summed E-state index contributed by atoms with van der Waals surface area (Å²) in [6.07, 6.45) is 9.01. The summed E-state index contributed by atoms with van der Waals surface area (Å²) >= 11 is 0. The second-order valence-corrected chi connectivity index (χ2v) is 9.18. The van der Waals surface area contributed by atoms with Crippen molar-refractivity contribution in [2.24, 2.45) is 10.8 Å². The lowest BCUT2D eigenvalue weighted by Crippen LogP contribution is -2.16. The fourth-order valence-electron chi connectivity index (χ4n) is 3.70. The zero-order chi connectivity index (χ0) is 18.2. The molecule has 0 aliphatic rings. The van der Waals surface area contributed by atoms with Crippen molar-refractivity contribution in [1.29, 1.82) is 0 Å². The van der Waals surface area contributed by atoms with Gasteiger partial charge in [0.1, 0.15) is 0 Å². The molecule has 0 aliphatic carbocycles. The van der Waals surface area contributed by atoms with Crippen molar-refractivity contribution in [3.8, 4) is 0 Å². The number of unbranched alkanes of at least 4 members (excludes halogenated alkanes) is 1. The van der Waals surface area contributed by atoms with Gasteiger partial charge in [-0.05, 0) is 54.1 Å². The van der Waals surface area contributed by atoms with E-state index in [2.05, 4.69) is 88.4 Å². The number of aryl methyl sites for hydroxylation is 1. The fraction of sp³-hybridized carbons (Fsp3) is 0.520. The van der Waals surface area contributed by atoms with E-state index in [1.165, 1.54) is 56.1 Å². The summed E-state index contributed by atoms with van der Waals surface area (Å²) in [5.74, 6) is 0. The van der Waals surface area contributed by atoms with Gasteiger partial charge in [-0.15, -0.1) is 0 Å². The minimum atomic E-state index is 0.398. The molecule has 0 unspecified atom stereocenters. The summed E-state index contributed by atoms with van der Waals surface area (Å²) in [5, 5.41) is 0. The van der Waals surface area contributed by atoms with Crippen molar-refractivity contribution in [1.82, 2.24) is 0 Å². The fourth-order valence-corrected chi connectivity index (χ4v) is 3.70. The molecule has 0 spiro atoms. The predicted molar refractivity (Wildman–Crippen MR) is 111 cm³/mol. The first-order chi connectivity index (χ1) is 11.9. The lowest BCUT2D eigenvalue weighted by Gasteiger charge is -2.27. The van der Waals surface area contributed by atoms with Crippen molar-refractivity contribution in [3.63, 3.8) is 0 Å². The maximum Gasteiger partial charge on any atom is -0.0227 e. The first kappa shape index (κ1) is 19.8. The van der Waals surface area contributed by atoms with Gasteiger partial charge in [0.25, 0.3) is 0 Å². The molecule has 0 nitrogen and oxygen atoms in total. The summed E-state index contributed by atoms with van der Waals surface area (Å²) < 4.78 is 0. The van der Waals surface area contributed by atoms with Crippen LogP contribution in [-0.2, 0) is 12.8 Å². The van der Waals surface area contributed by atoms with Gasteiger partial charge in [-0.1, -0.05) is 101 Å². The summed E-state index contributed by atoms with van der Waals surface area (Å²) in [7, 11) is 0. The van der Waals surface area contributed by atoms with E-state index in [1.54, 1.807) is 0 Å². The molecule has 0 aliphatic heterocycles. The topological polar surface area (TPSA) is 0 Å². The molecule has 0 bridgehead atoms. The van der Waals surface area contributed by atoms with Gasteiger partial charge in [0.2, 0.25) is 0 Å². The molecule has 25 heavy (non-hydrogen) atoms. The van der Waals surface area contributed by atoms with Crippen molar-refractivity contribution < 1.29 is 0 Å². The van der Waals surface area contributed by atoms with Crippen molar-refractivity contribution in [2.45, 2.75) is 72.6 Å². The Bertz CT molecular complexity index is 592. The average molecular weight is 337 g/mol. The molecule has 0 saturated carbocycles. The van der Waals surface area contributed by atoms with E-state index in [4.69, 9.17) is 0 Å². The molecule has 0 amide bonds. The molecule has 0 atom stereocenters. The molecule has 0 heteroatoms. The van der Waals surface area contributed by atoms with Gasteiger partial charge in [-0.3, -0.25) is 0 Å². The van der Waals surface area contributed by atoms with Crippen LogP contribution >= 0.6 is 0 Å². The second-order valence-electron chi connectivity index (χ2n) is 9.18. The lowest BCUT2D eigenvalue weighted by molar-refractivity contribution is 0.270. The van der Waals surface area contributed by atoms with E-state index < -0.39 is 0 Å². The molecule has 0 radical (unpaired) electrons. The Morgan fingerprint density at radius 2 is 1.04 bits per heavy atom. The van der Waals surface area contributed by atoms with Crippen LogP contribution in [0.25, 0.3) is 0 Å². The molecule has 0 fully saturated rings. The molecular formula is C25H36. The Balaban J connectivity index is 1.68. The largest absolute Gasteiger partial charge is 0.0622 e. The van der Waals surface area contributed by atoms with Crippen LogP contribution < -0.4 is 0 Å². The third-order valence-corrected chi connectivity index (χ3v) is 5.42. The van der Waals surface area contributed by atoms with Gasteiger partial charge < -0.3 is 0 Å². The standard InChI is InChI=1S/C25H36/c1-24(2,20-17-22-13-7-5-8-14-22)18-11-12-19-25(3,4)21-23-15-9-6-10-16-23/h5-10,13-16H,11-12,17-21H2,1-4H3. The molecule has 2 aromatic carbocycles. The first-order valence-electron chi connectivity index (χ1n) is 9.94. The van der Waals surface area contributed by atoms with Crippen LogP contribution in [-0.4, -0.2) is 0 Å². The molecule has 0 saturated heterocycles. The normalized spacial score (nSPS) is 12.3.